The predicted octanol–water partition coefficient (Wildman–Crippen LogP) is 3.50. The molecule has 3 rings (SSSR count). The van der Waals surface area contributed by atoms with Crippen molar-refractivity contribution in [2.24, 2.45) is 5.10 Å². The van der Waals surface area contributed by atoms with E-state index in [0.717, 1.165) is 16.5 Å². The van der Waals surface area contributed by atoms with Gasteiger partial charge in [0.05, 0.1) is 13.3 Å². The summed E-state index contributed by atoms with van der Waals surface area (Å²) >= 11 is 0. The van der Waals surface area contributed by atoms with Gasteiger partial charge in [0.2, 0.25) is 0 Å². The standard InChI is InChI=1S/C21H21N3O3/c1-14(23-18-9-8-16-5-3-4-6-17(16)12-18)21(26)24-22-13-15-7-10-19(25)20(11-15)27-2/h3-14,23,25H,1-2H3,(H,24,26). The number of aromatic hydroxyl groups is 1. The van der Waals surface area contributed by atoms with E-state index < -0.39 is 6.04 Å². The molecule has 27 heavy (non-hydrogen) atoms. The molecule has 0 aliphatic rings. The number of hydrogen-bond acceptors (Lipinski definition) is 5. The summed E-state index contributed by atoms with van der Waals surface area (Å²) in [6.07, 6.45) is 1.49. The molecular formula is C21H21N3O3. The molecule has 0 radical (unpaired) electrons. The number of rotatable bonds is 6. The van der Waals surface area contributed by atoms with E-state index in [-0.39, 0.29) is 11.7 Å². The Balaban J connectivity index is 1.59. The lowest BCUT2D eigenvalue weighted by atomic mass is 10.1. The van der Waals surface area contributed by atoms with E-state index in [1.807, 2.05) is 42.5 Å². The normalized spacial score (nSPS) is 12.1. The summed E-state index contributed by atoms with van der Waals surface area (Å²) in [5.74, 6) is 0.133. The molecule has 0 saturated carbocycles. The van der Waals surface area contributed by atoms with Gasteiger partial charge in [0.1, 0.15) is 6.04 Å². The first-order valence-electron chi connectivity index (χ1n) is 8.52. The van der Waals surface area contributed by atoms with Gasteiger partial charge in [-0.3, -0.25) is 4.79 Å². The fourth-order valence-corrected chi connectivity index (χ4v) is 2.64. The van der Waals surface area contributed by atoms with Gasteiger partial charge < -0.3 is 15.2 Å². The van der Waals surface area contributed by atoms with Crippen LogP contribution in [0.5, 0.6) is 11.5 Å². The Morgan fingerprint density at radius 1 is 1.11 bits per heavy atom. The number of ether oxygens (including phenoxy) is 1. The van der Waals surface area contributed by atoms with Crippen LogP contribution in [0.1, 0.15) is 12.5 Å². The number of fused-ring (bicyclic) bond motifs is 1. The third-order valence-electron chi connectivity index (χ3n) is 4.12. The summed E-state index contributed by atoms with van der Waals surface area (Å²) in [5, 5.41) is 19.0. The zero-order valence-electron chi connectivity index (χ0n) is 15.1. The van der Waals surface area contributed by atoms with Crippen LogP contribution in [-0.4, -0.2) is 30.4 Å². The number of benzene rings is 3. The fourth-order valence-electron chi connectivity index (χ4n) is 2.64. The SMILES string of the molecule is COc1cc(C=NNC(=O)C(C)Nc2ccc3ccccc3c2)ccc1O. The van der Waals surface area contributed by atoms with E-state index in [4.69, 9.17) is 4.74 Å². The maximum absolute atomic E-state index is 12.2. The van der Waals surface area contributed by atoms with Gasteiger partial charge in [-0.1, -0.05) is 30.3 Å². The van der Waals surface area contributed by atoms with Gasteiger partial charge in [0.15, 0.2) is 11.5 Å². The Morgan fingerprint density at radius 3 is 2.67 bits per heavy atom. The molecule has 138 valence electrons. The van der Waals surface area contributed by atoms with Crippen LogP contribution in [-0.2, 0) is 4.79 Å². The molecule has 0 aliphatic heterocycles. The number of anilines is 1. The molecule has 0 aliphatic carbocycles. The Morgan fingerprint density at radius 2 is 1.89 bits per heavy atom. The molecule has 6 heteroatoms. The Bertz CT molecular complexity index is 985. The number of carbonyl (C=O) groups is 1. The lowest BCUT2D eigenvalue weighted by Gasteiger charge is -2.14. The van der Waals surface area contributed by atoms with E-state index in [1.54, 1.807) is 19.1 Å². The molecule has 1 amide bonds. The Hall–Kier alpha value is -3.54. The van der Waals surface area contributed by atoms with Gasteiger partial charge in [0, 0.05) is 5.69 Å². The number of nitrogens with one attached hydrogen (secondary N) is 2. The number of hydrogen-bond donors (Lipinski definition) is 3. The molecule has 0 bridgehead atoms. The maximum Gasteiger partial charge on any atom is 0.262 e. The van der Waals surface area contributed by atoms with Crippen LogP contribution in [0, 0.1) is 0 Å². The van der Waals surface area contributed by atoms with Crippen LogP contribution in [0.2, 0.25) is 0 Å². The molecule has 1 unspecified atom stereocenters. The van der Waals surface area contributed by atoms with E-state index >= 15 is 0 Å². The quantitative estimate of drug-likeness (QED) is 0.462. The Kier molecular flexibility index (Phi) is 5.56. The molecule has 0 spiro atoms. The average molecular weight is 363 g/mol. The van der Waals surface area contributed by atoms with Gasteiger partial charge in [-0.05, 0) is 53.6 Å². The summed E-state index contributed by atoms with van der Waals surface area (Å²) < 4.78 is 5.04. The summed E-state index contributed by atoms with van der Waals surface area (Å²) in [6, 6.07) is 18.4. The number of carbonyl (C=O) groups excluding carboxylic acids is 1. The summed E-state index contributed by atoms with van der Waals surface area (Å²) in [6.45, 7) is 1.77. The molecule has 6 nitrogen and oxygen atoms in total. The smallest absolute Gasteiger partial charge is 0.262 e. The molecule has 3 N–H and O–H groups in total. The van der Waals surface area contributed by atoms with Gasteiger partial charge in [-0.25, -0.2) is 5.43 Å². The maximum atomic E-state index is 12.2. The van der Waals surface area contributed by atoms with Crippen LogP contribution in [0.15, 0.2) is 65.8 Å². The van der Waals surface area contributed by atoms with Crippen molar-refractivity contribution < 1.29 is 14.6 Å². The van der Waals surface area contributed by atoms with Crippen molar-refractivity contribution in [2.45, 2.75) is 13.0 Å². The van der Waals surface area contributed by atoms with Gasteiger partial charge in [-0.2, -0.15) is 5.10 Å². The van der Waals surface area contributed by atoms with E-state index in [1.165, 1.54) is 19.4 Å². The molecule has 0 saturated heterocycles. The first-order chi connectivity index (χ1) is 13.1. The predicted molar refractivity (Wildman–Crippen MR) is 107 cm³/mol. The highest BCUT2D eigenvalue weighted by Crippen LogP contribution is 2.25. The number of nitrogens with zero attached hydrogens (tertiary/aromatic N) is 1. The molecule has 1 atom stereocenters. The van der Waals surface area contributed by atoms with Crippen molar-refractivity contribution in [1.29, 1.82) is 0 Å². The van der Waals surface area contributed by atoms with Crippen molar-refractivity contribution in [3.63, 3.8) is 0 Å². The number of amides is 1. The molecule has 0 aromatic heterocycles. The van der Waals surface area contributed by atoms with Crippen LogP contribution >= 0.6 is 0 Å². The summed E-state index contributed by atoms with van der Waals surface area (Å²) in [7, 11) is 1.47. The largest absolute Gasteiger partial charge is 0.504 e. The topological polar surface area (TPSA) is 83.0 Å². The van der Waals surface area contributed by atoms with Crippen molar-refractivity contribution in [3.8, 4) is 11.5 Å². The van der Waals surface area contributed by atoms with Crippen molar-refractivity contribution in [3.05, 3.63) is 66.2 Å². The van der Waals surface area contributed by atoms with Crippen molar-refractivity contribution in [1.82, 2.24) is 5.43 Å². The minimum absolute atomic E-state index is 0.0480. The van der Waals surface area contributed by atoms with Gasteiger partial charge in [0.25, 0.3) is 5.91 Å². The van der Waals surface area contributed by atoms with Gasteiger partial charge in [-0.15, -0.1) is 0 Å². The van der Waals surface area contributed by atoms with Crippen LogP contribution in [0.4, 0.5) is 5.69 Å². The number of hydrazone groups is 1. The first kappa shape index (κ1) is 18.3. The number of methoxy groups -OCH3 is 1. The second-order valence-electron chi connectivity index (χ2n) is 6.09. The lowest BCUT2D eigenvalue weighted by molar-refractivity contribution is -0.121. The van der Waals surface area contributed by atoms with Crippen molar-refractivity contribution >= 4 is 28.6 Å². The van der Waals surface area contributed by atoms with E-state index in [2.05, 4.69) is 15.8 Å². The molecule has 0 fully saturated rings. The average Bonchev–Trinajstić information content (AvgIpc) is 2.69. The number of phenolic OH excluding ortho intramolecular Hbond substituents is 1. The zero-order valence-corrected chi connectivity index (χ0v) is 15.1. The highest BCUT2D eigenvalue weighted by molar-refractivity contribution is 5.89. The fraction of sp³-hybridized carbons (Fsp3) is 0.143. The third-order valence-corrected chi connectivity index (χ3v) is 4.12. The monoisotopic (exact) mass is 363 g/mol. The highest BCUT2D eigenvalue weighted by atomic mass is 16.5. The van der Waals surface area contributed by atoms with E-state index in [0.29, 0.717) is 11.3 Å². The zero-order chi connectivity index (χ0) is 19.2. The molecule has 0 heterocycles. The van der Waals surface area contributed by atoms with Crippen LogP contribution < -0.4 is 15.5 Å². The minimum atomic E-state index is -0.460. The molecule has 3 aromatic carbocycles. The second kappa shape index (κ2) is 8.23. The minimum Gasteiger partial charge on any atom is -0.504 e. The lowest BCUT2D eigenvalue weighted by Crippen LogP contribution is -2.34. The first-order valence-corrected chi connectivity index (χ1v) is 8.52. The van der Waals surface area contributed by atoms with Crippen LogP contribution in [0.3, 0.4) is 0 Å². The van der Waals surface area contributed by atoms with Crippen molar-refractivity contribution in [2.75, 3.05) is 12.4 Å². The van der Waals surface area contributed by atoms with Gasteiger partial charge >= 0.3 is 0 Å². The molecule has 3 aromatic rings. The Labute approximate surface area is 157 Å². The summed E-state index contributed by atoms with van der Waals surface area (Å²) in [5.41, 5.74) is 4.06. The highest BCUT2D eigenvalue weighted by Gasteiger charge is 2.12. The second-order valence-corrected chi connectivity index (χ2v) is 6.09. The van der Waals surface area contributed by atoms with Crippen LogP contribution in [0.25, 0.3) is 10.8 Å². The number of phenols is 1. The molecular weight excluding hydrogens is 342 g/mol. The summed E-state index contributed by atoms with van der Waals surface area (Å²) in [4.78, 5) is 12.2. The van der Waals surface area contributed by atoms with E-state index in [9.17, 15) is 9.90 Å². The third kappa shape index (κ3) is 4.55.